The van der Waals surface area contributed by atoms with Crippen molar-refractivity contribution in [3.8, 4) is 35.2 Å². The van der Waals surface area contributed by atoms with Crippen molar-refractivity contribution >= 4 is 67.7 Å². The highest BCUT2D eigenvalue weighted by atomic mass is 16.5. The number of ether oxygens (including phenoxy) is 2. The lowest BCUT2D eigenvalue weighted by atomic mass is 9.89. The SMILES string of the molecule is COc1c(C#Cc2cccc(C#Cc3cc4c5c(cccc5c3OC)C(=O)N(c3ccccc3C3=C(C5=CCC=C5)CC=C3)C4=O)c2)cc2c3c(cccc13)C(=O)N(c1ccccc1C1=CC(C3=CCC=C3)=CC1)C2=O. The van der Waals surface area contributed by atoms with Crippen LogP contribution in [0.15, 0.2) is 204 Å². The molecule has 0 radical (unpaired) electrons. The molecular weight excluding hydrogens is 941 g/mol. The van der Waals surface area contributed by atoms with Crippen molar-refractivity contribution in [1.82, 2.24) is 0 Å². The Kier molecular flexibility index (Phi) is 11.1. The smallest absolute Gasteiger partial charge is 0.266 e. The maximum absolute atomic E-state index is 14.9. The van der Waals surface area contributed by atoms with E-state index in [0.717, 1.165) is 58.3 Å². The van der Waals surface area contributed by atoms with Crippen LogP contribution in [0.3, 0.4) is 0 Å². The van der Waals surface area contributed by atoms with Gasteiger partial charge in [0, 0.05) is 54.9 Å². The highest BCUT2D eigenvalue weighted by molar-refractivity contribution is 6.38. The highest BCUT2D eigenvalue weighted by Crippen LogP contribution is 2.45. The molecule has 2 aliphatic heterocycles. The van der Waals surface area contributed by atoms with Gasteiger partial charge < -0.3 is 9.47 Å². The first-order valence-corrected chi connectivity index (χ1v) is 25.2. The van der Waals surface area contributed by atoms with Crippen LogP contribution >= 0.6 is 0 Å². The average Bonchev–Trinajstić information content (AvgIpc) is 4.36. The van der Waals surface area contributed by atoms with Gasteiger partial charge in [-0.3, -0.25) is 19.2 Å². The van der Waals surface area contributed by atoms with Crippen LogP contribution < -0.4 is 19.3 Å². The quantitative estimate of drug-likeness (QED) is 0.111. The topological polar surface area (TPSA) is 93.2 Å². The van der Waals surface area contributed by atoms with E-state index in [4.69, 9.17) is 9.47 Å². The Hall–Kier alpha value is -10.0. The average molecular weight is 985 g/mol. The number of hydrogen-bond donors (Lipinski definition) is 0. The molecule has 8 nitrogen and oxygen atoms in total. The summed E-state index contributed by atoms with van der Waals surface area (Å²) in [5, 5.41) is 2.27. The Morgan fingerprint density at radius 2 is 0.961 bits per heavy atom. The Morgan fingerprint density at radius 1 is 0.447 bits per heavy atom. The largest absolute Gasteiger partial charge is 0.495 e. The van der Waals surface area contributed by atoms with Gasteiger partial charge in [-0.2, -0.15) is 0 Å². The number of allylic oxidation sites excluding steroid dienone is 16. The first kappa shape index (κ1) is 45.8. The summed E-state index contributed by atoms with van der Waals surface area (Å²) in [6.45, 7) is 0. The van der Waals surface area contributed by atoms with Crippen molar-refractivity contribution in [1.29, 1.82) is 0 Å². The second-order valence-corrected chi connectivity index (χ2v) is 19.1. The van der Waals surface area contributed by atoms with E-state index in [9.17, 15) is 19.2 Å². The molecule has 7 aromatic rings. The standard InChI is InChI=1S/C68H44N2O6/c1-75-63-47(39-57-61-53(63)25-13-27-55(61)65(71)69(67(57)73)59-29-9-7-21-50(59)46-36-35-45(38-46)43-17-3-4-18-43)33-31-41-15-11-16-42(37-41)32-34-48-40-58-62-54(64(48)76-2)26-14-28-56(62)66(72)70(68(58)74)60-30-10-8-22-52(60)51-24-12-23-49(51)44-19-5-6-20-44/h3,5,7-22,24-30,35,37-40H,4,6,23,36H2,1-2H3. The molecule has 4 amide bonds. The van der Waals surface area contributed by atoms with Crippen molar-refractivity contribution < 1.29 is 28.7 Å². The van der Waals surface area contributed by atoms with Crippen LogP contribution in [0.4, 0.5) is 11.4 Å². The lowest BCUT2D eigenvalue weighted by Crippen LogP contribution is -2.41. The number of nitrogens with zero attached hydrogens (tertiary/aromatic N) is 2. The molecule has 4 aliphatic carbocycles. The third-order valence-corrected chi connectivity index (χ3v) is 14.9. The van der Waals surface area contributed by atoms with Gasteiger partial charge in [-0.1, -0.05) is 151 Å². The number of amides is 4. The first-order valence-electron chi connectivity index (χ1n) is 25.2. The molecule has 0 spiro atoms. The van der Waals surface area contributed by atoms with Gasteiger partial charge in [0.25, 0.3) is 23.6 Å². The van der Waals surface area contributed by atoms with Crippen molar-refractivity contribution in [2.24, 2.45) is 0 Å². The number of anilines is 2. The van der Waals surface area contributed by atoms with E-state index in [1.54, 1.807) is 50.6 Å². The summed E-state index contributed by atoms with van der Waals surface area (Å²) in [5.41, 5.74) is 13.1. The van der Waals surface area contributed by atoms with Crippen LogP contribution in [0, 0.1) is 23.7 Å². The fraction of sp³-hybridized carbons (Fsp3) is 0.0882. The van der Waals surface area contributed by atoms with Crippen molar-refractivity contribution in [2.75, 3.05) is 24.0 Å². The third-order valence-electron chi connectivity index (χ3n) is 14.9. The summed E-state index contributed by atoms with van der Waals surface area (Å²) in [6, 6.07) is 36.9. The van der Waals surface area contributed by atoms with Crippen LogP contribution in [0.5, 0.6) is 11.5 Å². The van der Waals surface area contributed by atoms with E-state index < -0.39 is 23.6 Å². The van der Waals surface area contributed by atoms with E-state index >= 15 is 0 Å². The van der Waals surface area contributed by atoms with Gasteiger partial charge in [0.15, 0.2) is 0 Å². The third kappa shape index (κ3) is 7.42. The second kappa shape index (κ2) is 18.5. The van der Waals surface area contributed by atoms with Crippen LogP contribution in [0.1, 0.15) is 100 Å². The molecule has 13 rings (SSSR count). The van der Waals surface area contributed by atoms with Crippen molar-refractivity contribution in [3.05, 3.63) is 260 Å². The minimum absolute atomic E-state index is 0.348. The van der Waals surface area contributed by atoms with Crippen LogP contribution in [-0.2, 0) is 0 Å². The predicted octanol–water partition coefficient (Wildman–Crippen LogP) is 13.6. The molecule has 6 aliphatic rings. The number of imide groups is 2. The number of methoxy groups -OCH3 is 2. The Labute approximate surface area is 439 Å². The lowest BCUT2D eigenvalue weighted by molar-refractivity contribution is 0.0877. The van der Waals surface area contributed by atoms with Crippen molar-refractivity contribution in [2.45, 2.75) is 25.7 Å². The van der Waals surface area contributed by atoms with E-state index in [2.05, 4.69) is 84.4 Å². The molecular formula is C68H44N2O6. The zero-order valence-corrected chi connectivity index (χ0v) is 41.5. The Bertz CT molecular complexity index is 4240. The van der Waals surface area contributed by atoms with E-state index in [1.807, 2.05) is 84.9 Å². The summed E-state index contributed by atoms with van der Waals surface area (Å²) < 4.78 is 12.0. The maximum atomic E-state index is 14.9. The fourth-order valence-corrected chi connectivity index (χ4v) is 11.4. The Balaban J connectivity index is 0.839. The normalized spacial score (nSPS) is 16.0. The number of rotatable bonds is 8. The zero-order chi connectivity index (χ0) is 51.6. The monoisotopic (exact) mass is 984 g/mol. The van der Waals surface area contributed by atoms with E-state index in [1.165, 1.54) is 15.4 Å². The number of benzene rings is 7. The molecule has 0 N–H and O–H groups in total. The minimum Gasteiger partial charge on any atom is -0.495 e. The van der Waals surface area contributed by atoms with Crippen molar-refractivity contribution in [3.63, 3.8) is 0 Å². The van der Waals surface area contributed by atoms with Gasteiger partial charge in [-0.15, -0.1) is 0 Å². The molecule has 8 heteroatoms. The molecule has 362 valence electrons. The van der Waals surface area contributed by atoms with Gasteiger partial charge in [0.05, 0.1) is 47.8 Å². The maximum Gasteiger partial charge on any atom is 0.266 e. The molecule has 0 unspecified atom stereocenters. The summed E-state index contributed by atoms with van der Waals surface area (Å²) >= 11 is 0. The number of carbonyl (C=O) groups excluding carboxylic acids is 4. The lowest BCUT2D eigenvalue weighted by Gasteiger charge is -2.30. The molecule has 0 saturated carbocycles. The van der Waals surface area contributed by atoms with Crippen LogP contribution in [0.2, 0.25) is 0 Å². The van der Waals surface area contributed by atoms with Gasteiger partial charge in [-0.25, -0.2) is 9.80 Å². The molecule has 0 fully saturated rings. The summed E-state index contributed by atoms with van der Waals surface area (Å²) in [6.07, 6.45) is 24.7. The second-order valence-electron chi connectivity index (χ2n) is 19.1. The predicted molar refractivity (Wildman–Crippen MR) is 300 cm³/mol. The minimum atomic E-state index is -0.447. The number of carbonyl (C=O) groups is 4. The summed E-state index contributed by atoms with van der Waals surface area (Å²) in [7, 11) is 3.12. The number of hydrogen-bond acceptors (Lipinski definition) is 6. The molecule has 0 aromatic heterocycles. The summed E-state index contributed by atoms with van der Waals surface area (Å²) in [5.74, 6) is 12.3. The van der Waals surface area contributed by atoms with Crippen LogP contribution in [-0.4, -0.2) is 37.8 Å². The molecule has 2 heterocycles. The molecule has 0 atom stereocenters. The molecule has 0 saturated heterocycles. The zero-order valence-electron chi connectivity index (χ0n) is 41.5. The van der Waals surface area contributed by atoms with Gasteiger partial charge >= 0.3 is 0 Å². The molecule has 0 bridgehead atoms. The van der Waals surface area contributed by atoms with Crippen LogP contribution in [0.25, 0.3) is 32.7 Å². The molecule has 76 heavy (non-hydrogen) atoms. The summed E-state index contributed by atoms with van der Waals surface area (Å²) in [4.78, 5) is 61.3. The number of para-hydroxylation sites is 2. The first-order chi connectivity index (χ1) is 37.3. The highest BCUT2D eigenvalue weighted by Gasteiger charge is 2.39. The fourth-order valence-electron chi connectivity index (χ4n) is 11.4. The Morgan fingerprint density at radius 3 is 1.53 bits per heavy atom. The van der Waals surface area contributed by atoms with E-state index in [0.29, 0.717) is 95.3 Å². The van der Waals surface area contributed by atoms with E-state index in [-0.39, 0.29) is 0 Å². The van der Waals surface area contributed by atoms with Gasteiger partial charge in [-0.05, 0) is 114 Å². The van der Waals surface area contributed by atoms with Gasteiger partial charge in [0.2, 0.25) is 0 Å². The van der Waals surface area contributed by atoms with Gasteiger partial charge in [0.1, 0.15) is 11.5 Å². The molecule has 7 aromatic carbocycles.